The Morgan fingerprint density at radius 1 is 1.08 bits per heavy atom. The molecule has 2 aliphatic heterocycles. The van der Waals surface area contributed by atoms with Crippen LogP contribution < -0.4 is 21.3 Å². The highest BCUT2D eigenvalue weighted by molar-refractivity contribution is 6.07. The second-order valence-corrected chi connectivity index (χ2v) is 8.50. The van der Waals surface area contributed by atoms with Gasteiger partial charge >= 0.3 is 0 Å². The molecule has 1 fully saturated rings. The molecule has 1 unspecified atom stereocenters. The predicted molar refractivity (Wildman–Crippen MR) is 131 cm³/mol. The molecule has 188 valence electrons. The van der Waals surface area contributed by atoms with E-state index >= 15 is 0 Å². The zero-order valence-corrected chi connectivity index (χ0v) is 19.5. The van der Waals surface area contributed by atoms with Gasteiger partial charge in [-0.3, -0.25) is 24.5 Å². The van der Waals surface area contributed by atoms with Crippen LogP contribution in [-0.4, -0.2) is 51.1 Å². The number of imide groups is 1. The first kappa shape index (κ1) is 23.9. The Hall–Kier alpha value is -4.87. The number of hydrogen-bond acceptors (Lipinski definition) is 8. The Balaban J connectivity index is 1.22. The molecule has 4 N–H and O–H groups in total. The van der Waals surface area contributed by atoms with Crippen molar-refractivity contribution < 1.29 is 23.6 Å². The smallest absolute Gasteiger partial charge is 0.255 e. The van der Waals surface area contributed by atoms with Gasteiger partial charge in [-0.2, -0.15) is 4.98 Å². The van der Waals surface area contributed by atoms with Gasteiger partial charge < -0.3 is 20.9 Å². The van der Waals surface area contributed by atoms with Crippen molar-refractivity contribution in [2.24, 2.45) is 0 Å². The number of benzene rings is 2. The molecular weight excluding hydrogens is 481 g/mol. The van der Waals surface area contributed by atoms with E-state index in [1.165, 1.54) is 17.2 Å². The molecule has 3 aromatic rings. The van der Waals surface area contributed by atoms with Gasteiger partial charge in [0.05, 0.1) is 12.2 Å². The molecule has 11 nitrogen and oxygen atoms in total. The number of fused-ring (bicyclic) bond motifs is 1. The summed E-state index contributed by atoms with van der Waals surface area (Å²) >= 11 is 0. The minimum atomic E-state index is -0.743. The molecule has 1 atom stereocenters. The molecular formula is C25H22FN7O4. The molecule has 0 radical (unpaired) electrons. The van der Waals surface area contributed by atoms with Crippen molar-refractivity contribution in [1.82, 2.24) is 20.2 Å². The van der Waals surface area contributed by atoms with Crippen LogP contribution in [0.5, 0.6) is 0 Å². The lowest BCUT2D eigenvalue weighted by atomic mass is 10.0. The number of para-hydroxylation sites is 1. The maximum absolute atomic E-state index is 13.9. The van der Waals surface area contributed by atoms with Crippen LogP contribution in [0, 0.1) is 5.82 Å². The first-order chi connectivity index (χ1) is 17.9. The summed E-state index contributed by atoms with van der Waals surface area (Å²) in [7, 11) is 0. The first-order valence-corrected chi connectivity index (χ1v) is 11.5. The Morgan fingerprint density at radius 3 is 2.70 bits per heavy atom. The molecule has 0 aliphatic carbocycles. The summed E-state index contributed by atoms with van der Waals surface area (Å²) in [4.78, 5) is 59.1. The lowest BCUT2D eigenvalue weighted by Gasteiger charge is -2.29. The van der Waals surface area contributed by atoms with Gasteiger partial charge in [0, 0.05) is 36.0 Å². The molecule has 37 heavy (non-hydrogen) atoms. The lowest BCUT2D eigenvalue weighted by Crippen LogP contribution is -2.52. The number of anilines is 4. The summed E-state index contributed by atoms with van der Waals surface area (Å²) in [6.45, 7) is 0.00589. The number of aromatic nitrogens is 2. The Morgan fingerprint density at radius 2 is 1.89 bits per heavy atom. The van der Waals surface area contributed by atoms with Crippen LogP contribution >= 0.6 is 0 Å². The average Bonchev–Trinajstić information content (AvgIpc) is 3.22. The number of carbonyl (C=O) groups is 4. The second kappa shape index (κ2) is 10.0. The van der Waals surface area contributed by atoms with Crippen molar-refractivity contribution >= 4 is 46.8 Å². The number of rotatable bonds is 7. The fourth-order valence-corrected chi connectivity index (χ4v) is 4.27. The minimum absolute atomic E-state index is 0.134. The monoisotopic (exact) mass is 503 g/mol. The third-order valence-electron chi connectivity index (χ3n) is 6.06. The third kappa shape index (κ3) is 5.08. The zero-order chi connectivity index (χ0) is 25.9. The molecule has 1 aromatic heterocycles. The summed E-state index contributed by atoms with van der Waals surface area (Å²) in [5.74, 6) is -1.51. The summed E-state index contributed by atoms with van der Waals surface area (Å²) in [5, 5.41) is 10.7. The van der Waals surface area contributed by atoms with Crippen molar-refractivity contribution in [3.05, 3.63) is 71.7 Å². The molecule has 5 rings (SSSR count). The summed E-state index contributed by atoms with van der Waals surface area (Å²) < 4.78 is 13.9. The molecule has 3 heterocycles. The van der Waals surface area contributed by atoms with E-state index in [-0.39, 0.29) is 55.3 Å². The highest BCUT2D eigenvalue weighted by Gasteiger charge is 2.39. The van der Waals surface area contributed by atoms with Crippen LogP contribution in [0.15, 0.2) is 54.7 Å². The predicted octanol–water partition coefficient (Wildman–Crippen LogP) is 2.17. The van der Waals surface area contributed by atoms with Crippen LogP contribution in [0.3, 0.4) is 0 Å². The Kier molecular flexibility index (Phi) is 6.45. The van der Waals surface area contributed by atoms with Crippen molar-refractivity contribution in [1.29, 1.82) is 0 Å². The minimum Gasteiger partial charge on any atom is -0.361 e. The van der Waals surface area contributed by atoms with Gasteiger partial charge in [0.15, 0.2) is 0 Å². The second-order valence-electron chi connectivity index (χ2n) is 8.50. The van der Waals surface area contributed by atoms with Gasteiger partial charge in [0.2, 0.25) is 23.7 Å². The molecule has 2 aromatic carbocycles. The van der Waals surface area contributed by atoms with Gasteiger partial charge in [0.25, 0.3) is 5.91 Å². The van der Waals surface area contributed by atoms with Gasteiger partial charge in [0.1, 0.15) is 17.7 Å². The lowest BCUT2D eigenvalue weighted by molar-refractivity contribution is -0.137. The van der Waals surface area contributed by atoms with Crippen LogP contribution in [0.4, 0.5) is 27.5 Å². The first-order valence-electron chi connectivity index (χ1n) is 11.5. The average molecular weight is 503 g/mol. The molecule has 0 saturated carbocycles. The molecule has 12 heteroatoms. The number of piperidine rings is 1. The number of nitrogens with one attached hydrogen (secondary N) is 4. The molecule has 4 amide bonds. The Bertz CT molecular complexity index is 1410. The van der Waals surface area contributed by atoms with Crippen molar-refractivity contribution in [3.63, 3.8) is 0 Å². The molecule has 0 bridgehead atoms. The fraction of sp³-hybridized carbons (Fsp3) is 0.200. The standard InChI is InChI=1S/C25H22FN7O4/c26-16-5-1-2-6-18(16)30-25-27-11-10-20(31-25)28-12-22(35)29-17-7-3-4-14-15(17)13-33(24(14)37)19-8-9-21(34)32-23(19)36/h1-7,10-11,19H,8-9,12-13H2,(H,29,35)(H,32,34,36)(H2,27,28,30,31). The third-order valence-corrected chi connectivity index (χ3v) is 6.06. The van der Waals surface area contributed by atoms with Crippen LogP contribution in [0.1, 0.15) is 28.8 Å². The summed E-state index contributed by atoms with van der Waals surface area (Å²) in [6, 6.07) is 11.9. The number of amides is 4. The highest BCUT2D eigenvalue weighted by Crippen LogP contribution is 2.32. The van der Waals surface area contributed by atoms with E-state index < -0.39 is 17.8 Å². The van der Waals surface area contributed by atoms with Crippen LogP contribution in [-0.2, 0) is 20.9 Å². The van der Waals surface area contributed by atoms with E-state index in [2.05, 4.69) is 31.2 Å². The van der Waals surface area contributed by atoms with Crippen molar-refractivity contribution in [2.45, 2.75) is 25.4 Å². The maximum Gasteiger partial charge on any atom is 0.255 e. The summed E-state index contributed by atoms with van der Waals surface area (Å²) in [6.07, 6.45) is 1.88. The topological polar surface area (TPSA) is 145 Å². The van der Waals surface area contributed by atoms with Gasteiger partial charge in [-0.05, 0) is 36.8 Å². The largest absolute Gasteiger partial charge is 0.361 e. The molecule has 0 spiro atoms. The van der Waals surface area contributed by atoms with E-state index in [1.807, 2.05) is 0 Å². The number of carbonyl (C=O) groups excluding carboxylic acids is 4. The number of hydrogen-bond donors (Lipinski definition) is 4. The van der Waals surface area contributed by atoms with E-state index in [0.717, 1.165) is 0 Å². The van der Waals surface area contributed by atoms with E-state index in [9.17, 15) is 23.6 Å². The fourth-order valence-electron chi connectivity index (χ4n) is 4.27. The molecule has 1 saturated heterocycles. The van der Waals surface area contributed by atoms with Crippen LogP contribution in [0.2, 0.25) is 0 Å². The van der Waals surface area contributed by atoms with E-state index in [1.54, 1.807) is 42.5 Å². The SMILES string of the molecule is O=C1CCC(N2Cc3c(NC(=O)CNc4ccnc(Nc5ccccc5F)n4)cccc3C2=O)C(=O)N1. The van der Waals surface area contributed by atoms with E-state index in [0.29, 0.717) is 22.6 Å². The molecule has 2 aliphatic rings. The quantitative estimate of drug-likeness (QED) is 0.359. The maximum atomic E-state index is 13.9. The summed E-state index contributed by atoms with van der Waals surface area (Å²) in [5.41, 5.74) is 1.67. The Labute approximate surface area is 210 Å². The highest BCUT2D eigenvalue weighted by atomic mass is 19.1. The van der Waals surface area contributed by atoms with Crippen molar-refractivity contribution in [2.75, 3.05) is 22.5 Å². The van der Waals surface area contributed by atoms with Gasteiger partial charge in [-0.25, -0.2) is 9.37 Å². The van der Waals surface area contributed by atoms with E-state index in [4.69, 9.17) is 0 Å². The normalized spacial score (nSPS) is 16.7. The van der Waals surface area contributed by atoms with Gasteiger partial charge in [-0.15, -0.1) is 0 Å². The zero-order valence-electron chi connectivity index (χ0n) is 19.5. The van der Waals surface area contributed by atoms with Gasteiger partial charge in [-0.1, -0.05) is 18.2 Å². The number of halogens is 1. The van der Waals surface area contributed by atoms with Crippen LogP contribution in [0.25, 0.3) is 0 Å². The number of nitrogens with zero attached hydrogens (tertiary/aromatic N) is 3. The van der Waals surface area contributed by atoms with Crippen molar-refractivity contribution in [3.8, 4) is 0 Å².